The largest absolute Gasteiger partial charge is 0.471 e. The van der Waals surface area contributed by atoms with E-state index >= 15 is 0 Å². The van der Waals surface area contributed by atoms with Crippen LogP contribution in [0, 0.1) is 5.92 Å². The van der Waals surface area contributed by atoms with Crippen molar-refractivity contribution in [2.24, 2.45) is 5.92 Å². The second-order valence-corrected chi connectivity index (χ2v) is 5.55. The maximum absolute atomic E-state index is 12.4. The molecule has 1 aromatic rings. The Morgan fingerprint density at radius 3 is 1.96 bits per heavy atom. The molecule has 1 heterocycles. The number of fused-ring (bicyclic) bond motifs is 1. The highest BCUT2D eigenvalue weighted by Gasteiger charge is 2.44. The van der Waals surface area contributed by atoms with Gasteiger partial charge in [0.15, 0.2) is 0 Å². The number of rotatable bonds is 4. The van der Waals surface area contributed by atoms with Crippen LogP contribution in [0.4, 0.5) is 13.2 Å². The maximum atomic E-state index is 12.4. The van der Waals surface area contributed by atoms with Crippen molar-refractivity contribution in [3.05, 3.63) is 35.4 Å². The van der Waals surface area contributed by atoms with Gasteiger partial charge in [0, 0.05) is 0 Å². The van der Waals surface area contributed by atoms with Crippen molar-refractivity contribution in [1.29, 1.82) is 0 Å². The van der Waals surface area contributed by atoms with Crippen molar-refractivity contribution < 1.29 is 37.2 Å². The molecule has 10 heteroatoms. The number of hydroxylamine groups is 2. The molecule has 0 aliphatic carbocycles. The fourth-order valence-electron chi connectivity index (χ4n) is 2.12. The SMILES string of the molecule is CC(C)[C@H](NC(=O)C(F)(F)F)C(=O)ON1C(=O)c2ccccc2C1=O. The molecule has 1 N–H and O–H groups in total. The van der Waals surface area contributed by atoms with Crippen molar-refractivity contribution in [2.75, 3.05) is 0 Å². The van der Waals surface area contributed by atoms with Gasteiger partial charge in [0.25, 0.3) is 11.8 Å². The fraction of sp³-hybridized carbons (Fsp3) is 0.333. The zero-order chi connectivity index (χ0) is 18.9. The number of halogens is 3. The van der Waals surface area contributed by atoms with Gasteiger partial charge in [-0.3, -0.25) is 14.4 Å². The van der Waals surface area contributed by atoms with Gasteiger partial charge in [-0.15, -0.1) is 0 Å². The number of carbonyl (C=O) groups excluding carboxylic acids is 4. The lowest BCUT2D eigenvalue weighted by Gasteiger charge is -2.23. The highest BCUT2D eigenvalue weighted by molar-refractivity contribution is 6.20. The van der Waals surface area contributed by atoms with Gasteiger partial charge in [-0.2, -0.15) is 13.2 Å². The first kappa shape index (κ1) is 18.4. The van der Waals surface area contributed by atoms with Crippen LogP contribution in [0.2, 0.25) is 0 Å². The van der Waals surface area contributed by atoms with Crippen LogP contribution in [0.1, 0.15) is 34.6 Å². The van der Waals surface area contributed by atoms with Crippen molar-refractivity contribution in [1.82, 2.24) is 10.4 Å². The second kappa shape index (κ2) is 6.54. The number of benzene rings is 1. The highest BCUT2D eigenvalue weighted by atomic mass is 19.4. The summed E-state index contributed by atoms with van der Waals surface area (Å²) in [6, 6.07) is 3.98. The van der Waals surface area contributed by atoms with Crippen LogP contribution >= 0.6 is 0 Å². The summed E-state index contributed by atoms with van der Waals surface area (Å²) in [5, 5.41) is 1.66. The molecular weight excluding hydrogens is 345 g/mol. The molecule has 1 atom stereocenters. The van der Waals surface area contributed by atoms with Crippen LogP contribution in [-0.2, 0) is 14.4 Å². The minimum absolute atomic E-state index is 0.000670. The lowest BCUT2D eigenvalue weighted by atomic mass is 10.0. The number of nitrogens with zero attached hydrogens (tertiary/aromatic N) is 1. The van der Waals surface area contributed by atoms with Crippen molar-refractivity contribution in [3.8, 4) is 0 Å². The monoisotopic (exact) mass is 358 g/mol. The molecule has 1 aliphatic heterocycles. The van der Waals surface area contributed by atoms with Gasteiger partial charge in [0.05, 0.1) is 11.1 Å². The maximum Gasteiger partial charge on any atom is 0.471 e. The molecule has 25 heavy (non-hydrogen) atoms. The van der Waals surface area contributed by atoms with E-state index in [9.17, 15) is 32.3 Å². The van der Waals surface area contributed by atoms with E-state index in [0.717, 1.165) is 0 Å². The molecule has 0 aromatic heterocycles. The molecule has 0 radical (unpaired) electrons. The third-order valence-corrected chi connectivity index (χ3v) is 3.40. The van der Waals surface area contributed by atoms with Gasteiger partial charge >= 0.3 is 18.1 Å². The molecule has 134 valence electrons. The molecule has 0 bridgehead atoms. The average molecular weight is 358 g/mol. The summed E-state index contributed by atoms with van der Waals surface area (Å²) in [6.07, 6.45) is -5.19. The Bertz CT molecular complexity index is 710. The predicted octanol–water partition coefficient (Wildman–Crippen LogP) is 1.44. The van der Waals surface area contributed by atoms with Crippen molar-refractivity contribution >= 4 is 23.7 Å². The quantitative estimate of drug-likeness (QED) is 0.823. The minimum atomic E-state index is -5.19. The number of hydrogen-bond donors (Lipinski definition) is 1. The number of imide groups is 1. The van der Waals surface area contributed by atoms with Gasteiger partial charge in [-0.25, -0.2) is 4.79 Å². The summed E-state index contributed by atoms with van der Waals surface area (Å²) >= 11 is 0. The van der Waals surface area contributed by atoms with Gasteiger partial charge in [-0.1, -0.05) is 31.0 Å². The van der Waals surface area contributed by atoms with Crippen LogP contribution in [0.5, 0.6) is 0 Å². The number of nitrogens with one attached hydrogen (secondary N) is 1. The summed E-state index contributed by atoms with van der Waals surface area (Å²) in [7, 11) is 0. The first-order valence-corrected chi connectivity index (χ1v) is 7.11. The first-order valence-electron chi connectivity index (χ1n) is 7.11. The summed E-state index contributed by atoms with van der Waals surface area (Å²) in [4.78, 5) is 52.0. The highest BCUT2D eigenvalue weighted by Crippen LogP contribution is 2.23. The Balaban J connectivity index is 2.16. The second-order valence-electron chi connectivity index (χ2n) is 5.55. The smallest absolute Gasteiger partial charge is 0.335 e. The van der Waals surface area contributed by atoms with Crippen molar-refractivity contribution in [3.63, 3.8) is 0 Å². The molecular formula is C15H13F3N2O5. The van der Waals surface area contributed by atoms with E-state index in [0.29, 0.717) is 0 Å². The van der Waals surface area contributed by atoms with E-state index in [2.05, 4.69) is 4.84 Å². The molecule has 3 amide bonds. The number of carbonyl (C=O) groups is 4. The van der Waals surface area contributed by atoms with Gasteiger partial charge in [-0.05, 0) is 18.1 Å². The van der Waals surface area contributed by atoms with Crippen molar-refractivity contribution in [2.45, 2.75) is 26.1 Å². The van der Waals surface area contributed by atoms with Crippen LogP contribution in [-0.4, -0.2) is 41.0 Å². The molecule has 1 aliphatic rings. The molecule has 0 saturated carbocycles. The molecule has 0 unspecified atom stereocenters. The van der Waals surface area contributed by atoms with E-state index in [4.69, 9.17) is 0 Å². The fourth-order valence-corrected chi connectivity index (χ4v) is 2.12. The Labute approximate surface area is 139 Å². The lowest BCUT2D eigenvalue weighted by molar-refractivity contribution is -0.181. The summed E-state index contributed by atoms with van der Waals surface area (Å²) in [6.45, 7) is 2.73. The summed E-state index contributed by atoms with van der Waals surface area (Å²) < 4.78 is 37.1. The molecule has 0 fully saturated rings. The van der Waals surface area contributed by atoms with Crippen LogP contribution in [0.3, 0.4) is 0 Å². The summed E-state index contributed by atoms with van der Waals surface area (Å²) in [5.41, 5.74) is 0.00134. The van der Waals surface area contributed by atoms with E-state index in [1.165, 1.54) is 43.4 Å². The topological polar surface area (TPSA) is 92.8 Å². The van der Waals surface area contributed by atoms with Crippen LogP contribution in [0.15, 0.2) is 24.3 Å². The Morgan fingerprint density at radius 2 is 1.56 bits per heavy atom. The Morgan fingerprint density at radius 1 is 1.08 bits per heavy atom. The molecule has 2 rings (SSSR count). The number of amides is 3. The molecule has 7 nitrogen and oxygen atoms in total. The van der Waals surface area contributed by atoms with E-state index < -0.39 is 41.8 Å². The molecule has 0 spiro atoms. The standard InChI is InChI=1S/C15H13F3N2O5/c1-7(2)10(19-14(24)15(16,17)18)13(23)25-20-11(21)8-5-3-4-6-9(8)12(20)22/h3-7,10H,1-2H3,(H,19,24)/t10-/m0/s1. The minimum Gasteiger partial charge on any atom is -0.335 e. The zero-order valence-corrected chi connectivity index (χ0v) is 13.1. The summed E-state index contributed by atoms with van der Waals surface area (Å²) in [5.74, 6) is -6.31. The van der Waals surface area contributed by atoms with E-state index in [1.807, 2.05) is 0 Å². The lowest BCUT2D eigenvalue weighted by Crippen LogP contribution is -2.51. The predicted molar refractivity (Wildman–Crippen MR) is 75.9 cm³/mol. The van der Waals surface area contributed by atoms with Gasteiger partial charge in [0.2, 0.25) is 0 Å². The Kier molecular flexibility index (Phi) is 4.82. The number of hydrogen-bond acceptors (Lipinski definition) is 5. The van der Waals surface area contributed by atoms with Crippen LogP contribution in [0.25, 0.3) is 0 Å². The van der Waals surface area contributed by atoms with E-state index in [-0.39, 0.29) is 16.2 Å². The Hall–Kier alpha value is -2.91. The zero-order valence-electron chi connectivity index (χ0n) is 13.1. The third kappa shape index (κ3) is 3.62. The molecule has 1 aromatic carbocycles. The molecule has 0 saturated heterocycles. The normalized spacial score (nSPS) is 15.2. The van der Waals surface area contributed by atoms with Gasteiger partial charge < -0.3 is 10.2 Å². The van der Waals surface area contributed by atoms with Gasteiger partial charge in [0.1, 0.15) is 6.04 Å². The number of alkyl halides is 3. The third-order valence-electron chi connectivity index (χ3n) is 3.40. The first-order chi connectivity index (χ1) is 11.5. The van der Waals surface area contributed by atoms with Crippen LogP contribution < -0.4 is 5.32 Å². The average Bonchev–Trinajstić information content (AvgIpc) is 2.76. The van der Waals surface area contributed by atoms with E-state index in [1.54, 1.807) is 0 Å².